The van der Waals surface area contributed by atoms with Gasteiger partial charge in [-0.1, -0.05) is 0 Å². The number of nitrogens with one attached hydrogen (secondary N) is 1. The van der Waals surface area contributed by atoms with Gasteiger partial charge in [-0.15, -0.1) is 12.4 Å². The first kappa shape index (κ1) is 20.7. The van der Waals surface area contributed by atoms with Gasteiger partial charge >= 0.3 is 0 Å². The summed E-state index contributed by atoms with van der Waals surface area (Å²) in [5.74, 6) is 0.393. The van der Waals surface area contributed by atoms with Gasteiger partial charge in [-0.05, 0) is 37.1 Å². The van der Waals surface area contributed by atoms with Crippen LogP contribution in [0, 0.1) is 0 Å². The number of hydrogen-bond donors (Lipinski definition) is 2. The molecule has 1 aromatic carbocycles. The summed E-state index contributed by atoms with van der Waals surface area (Å²) in [7, 11) is -3.21. The Kier molecular flexibility index (Phi) is 7.95. The highest BCUT2D eigenvalue weighted by Gasteiger charge is 2.29. The summed E-state index contributed by atoms with van der Waals surface area (Å²) in [6, 6.07) is 6.15. The predicted octanol–water partition coefficient (Wildman–Crippen LogP) is 0.513. The van der Waals surface area contributed by atoms with Gasteiger partial charge in [0.25, 0.3) is 0 Å². The van der Waals surface area contributed by atoms with E-state index in [9.17, 15) is 13.2 Å². The Bertz CT molecular complexity index is 636. The average Bonchev–Trinajstić information content (AvgIpc) is 3.00. The van der Waals surface area contributed by atoms with E-state index in [2.05, 4.69) is 5.32 Å². The Morgan fingerprint density at radius 1 is 1.33 bits per heavy atom. The van der Waals surface area contributed by atoms with E-state index in [1.807, 2.05) is 0 Å². The molecule has 1 amide bonds. The normalized spacial score (nSPS) is 20.2. The summed E-state index contributed by atoms with van der Waals surface area (Å²) in [6.45, 7) is 1.06. The SMILES string of the molecule is CS(=O)(=O)c1ccc(OCCNC(=O)[C@@H]2CC[C@H](CN)O2)cc1.Cl. The third-order valence-electron chi connectivity index (χ3n) is 3.58. The minimum Gasteiger partial charge on any atom is -0.492 e. The summed E-state index contributed by atoms with van der Waals surface area (Å²) >= 11 is 0. The molecule has 0 saturated carbocycles. The van der Waals surface area contributed by atoms with Gasteiger partial charge in [0.2, 0.25) is 5.91 Å². The van der Waals surface area contributed by atoms with Crippen molar-refractivity contribution < 1.29 is 22.7 Å². The summed E-state index contributed by atoms with van der Waals surface area (Å²) in [4.78, 5) is 12.1. The van der Waals surface area contributed by atoms with Crippen LogP contribution >= 0.6 is 12.4 Å². The van der Waals surface area contributed by atoms with E-state index < -0.39 is 15.9 Å². The molecule has 1 aliphatic heterocycles. The molecule has 0 bridgehead atoms. The van der Waals surface area contributed by atoms with Gasteiger partial charge in [0.15, 0.2) is 9.84 Å². The molecule has 1 aliphatic rings. The van der Waals surface area contributed by atoms with E-state index in [1.165, 1.54) is 12.1 Å². The molecule has 1 aromatic rings. The molecule has 3 N–H and O–H groups in total. The van der Waals surface area contributed by atoms with E-state index in [1.54, 1.807) is 12.1 Å². The standard InChI is InChI=1S/C15H22N2O5S.ClH/c1-23(19,20)13-5-2-11(3-6-13)21-9-8-17-15(18)14-7-4-12(10-16)22-14;/h2-3,5-6,12,14H,4,7-10,16H2,1H3,(H,17,18);1H/t12-,14+;/m1./s1. The highest BCUT2D eigenvalue weighted by Crippen LogP contribution is 2.19. The molecular formula is C15H23ClN2O5S. The van der Waals surface area contributed by atoms with Crippen LogP contribution in [0.2, 0.25) is 0 Å². The second-order valence-corrected chi connectivity index (χ2v) is 7.46. The summed E-state index contributed by atoms with van der Waals surface area (Å²) in [5, 5.41) is 2.75. The van der Waals surface area contributed by atoms with Crippen LogP contribution in [0.3, 0.4) is 0 Å². The van der Waals surface area contributed by atoms with Crippen molar-refractivity contribution in [1.82, 2.24) is 5.32 Å². The molecule has 1 heterocycles. The number of carbonyl (C=O) groups excluding carboxylic acids is 1. The number of carbonyl (C=O) groups is 1. The van der Waals surface area contributed by atoms with Crippen LogP contribution in [0.25, 0.3) is 0 Å². The predicted molar refractivity (Wildman–Crippen MR) is 92.3 cm³/mol. The van der Waals surface area contributed by atoms with Crippen molar-refractivity contribution >= 4 is 28.2 Å². The first-order chi connectivity index (χ1) is 10.9. The molecular weight excluding hydrogens is 356 g/mol. The van der Waals surface area contributed by atoms with Gasteiger partial charge in [0.05, 0.1) is 17.5 Å². The largest absolute Gasteiger partial charge is 0.492 e. The molecule has 0 unspecified atom stereocenters. The van der Waals surface area contributed by atoms with Crippen LogP contribution in [0.15, 0.2) is 29.2 Å². The van der Waals surface area contributed by atoms with Crippen molar-refractivity contribution in [3.05, 3.63) is 24.3 Å². The molecule has 136 valence electrons. The third-order valence-corrected chi connectivity index (χ3v) is 4.71. The van der Waals surface area contributed by atoms with Crippen LogP contribution in [0.5, 0.6) is 5.75 Å². The number of benzene rings is 1. The molecule has 1 fully saturated rings. The van der Waals surface area contributed by atoms with E-state index >= 15 is 0 Å². The van der Waals surface area contributed by atoms with Crippen molar-refractivity contribution in [1.29, 1.82) is 0 Å². The van der Waals surface area contributed by atoms with Crippen molar-refractivity contribution in [2.75, 3.05) is 26.0 Å². The highest BCUT2D eigenvalue weighted by atomic mass is 35.5. The Morgan fingerprint density at radius 3 is 2.54 bits per heavy atom. The molecule has 0 radical (unpaired) electrons. The lowest BCUT2D eigenvalue weighted by Gasteiger charge is -2.13. The molecule has 1 saturated heterocycles. The van der Waals surface area contributed by atoms with Crippen LogP contribution in [0.4, 0.5) is 0 Å². The van der Waals surface area contributed by atoms with Gasteiger partial charge in [-0.3, -0.25) is 4.79 Å². The Hall–Kier alpha value is -1.35. The van der Waals surface area contributed by atoms with Gasteiger partial charge < -0.3 is 20.5 Å². The maximum atomic E-state index is 11.9. The molecule has 7 nitrogen and oxygen atoms in total. The first-order valence-electron chi connectivity index (χ1n) is 7.46. The van der Waals surface area contributed by atoms with E-state index in [0.29, 0.717) is 25.3 Å². The fraction of sp³-hybridized carbons (Fsp3) is 0.533. The molecule has 9 heteroatoms. The maximum Gasteiger partial charge on any atom is 0.249 e. The summed E-state index contributed by atoms with van der Waals surface area (Å²) in [5.41, 5.74) is 5.51. The first-order valence-corrected chi connectivity index (χ1v) is 9.35. The van der Waals surface area contributed by atoms with Crippen molar-refractivity contribution in [2.45, 2.75) is 29.9 Å². The van der Waals surface area contributed by atoms with Gasteiger partial charge in [0.1, 0.15) is 18.5 Å². The third kappa shape index (κ3) is 5.94. The number of hydrogen-bond acceptors (Lipinski definition) is 6. The smallest absolute Gasteiger partial charge is 0.249 e. The second kappa shape index (κ2) is 9.22. The van der Waals surface area contributed by atoms with Gasteiger partial charge in [0, 0.05) is 12.8 Å². The van der Waals surface area contributed by atoms with Crippen molar-refractivity contribution in [2.24, 2.45) is 5.73 Å². The number of rotatable bonds is 7. The minimum atomic E-state index is -3.21. The second-order valence-electron chi connectivity index (χ2n) is 5.44. The van der Waals surface area contributed by atoms with Crippen LogP contribution < -0.4 is 15.8 Å². The molecule has 24 heavy (non-hydrogen) atoms. The van der Waals surface area contributed by atoms with E-state index in [-0.39, 0.29) is 35.9 Å². The van der Waals surface area contributed by atoms with Crippen LogP contribution in [-0.2, 0) is 19.4 Å². The Labute approximate surface area is 148 Å². The monoisotopic (exact) mass is 378 g/mol. The zero-order valence-electron chi connectivity index (χ0n) is 13.4. The lowest BCUT2D eigenvalue weighted by atomic mass is 10.2. The number of ether oxygens (including phenoxy) is 2. The summed E-state index contributed by atoms with van der Waals surface area (Å²) in [6.07, 6.45) is 2.17. The lowest BCUT2D eigenvalue weighted by molar-refractivity contribution is -0.131. The number of sulfone groups is 1. The molecule has 2 rings (SSSR count). The van der Waals surface area contributed by atoms with E-state index in [0.717, 1.165) is 12.7 Å². The Balaban J connectivity index is 0.00000288. The fourth-order valence-electron chi connectivity index (χ4n) is 2.31. The van der Waals surface area contributed by atoms with E-state index in [4.69, 9.17) is 15.2 Å². The maximum absolute atomic E-state index is 11.9. The van der Waals surface area contributed by atoms with Gasteiger partial charge in [-0.25, -0.2) is 8.42 Å². The zero-order valence-corrected chi connectivity index (χ0v) is 15.1. The minimum absolute atomic E-state index is 0. The molecule has 0 aliphatic carbocycles. The summed E-state index contributed by atoms with van der Waals surface area (Å²) < 4.78 is 33.6. The van der Waals surface area contributed by atoms with Crippen LogP contribution in [0.1, 0.15) is 12.8 Å². The highest BCUT2D eigenvalue weighted by molar-refractivity contribution is 7.90. The number of nitrogens with two attached hydrogens (primary N) is 1. The Morgan fingerprint density at radius 2 is 2.00 bits per heavy atom. The number of halogens is 1. The van der Waals surface area contributed by atoms with Crippen LogP contribution in [-0.4, -0.2) is 52.5 Å². The average molecular weight is 379 g/mol. The van der Waals surface area contributed by atoms with Gasteiger partial charge in [-0.2, -0.15) is 0 Å². The van der Waals surface area contributed by atoms with Crippen molar-refractivity contribution in [3.63, 3.8) is 0 Å². The molecule has 0 aromatic heterocycles. The number of amides is 1. The fourth-order valence-corrected chi connectivity index (χ4v) is 2.94. The lowest BCUT2D eigenvalue weighted by Crippen LogP contribution is -2.37. The molecule has 0 spiro atoms. The zero-order chi connectivity index (χ0) is 16.9. The quantitative estimate of drug-likeness (QED) is 0.669. The van der Waals surface area contributed by atoms with Crippen molar-refractivity contribution in [3.8, 4) is 5.75 Å². The molecule has 2 atom stereocenters. The topological polar surface area (TPSA) is 108 Å².